The first-order chi connectivity index (χ1) is 12.3. The molecule has 0 aliphatic rings. The number of nitrogens with two attached hydrogens (primary N) is 1. The fraction of sp³-hybridized carbons (Fsp3) is 0.300. The quantitative estimate of drug-likeness (QED) is 0.624. The van der Waals surface area contributed by atoms with Crippen molar-refractivity contribution in [1.29, 1.82) is 0 Å². The molecule has 138 valence electrons. The standard InChI is InChI=1S/C20H21F3N2S/c1-3-14(24)12-17-16-9-4-5-10-18(16)25(2)19(17)26-15-8-6-7-13(11-15)20(21,22)23/h4-11,14H,3,12,24H2,1-2H3. The summed E-state index contributed by atoms with van der Waals surface area (Å²) in [5.41, 5.74) is 7.70. The highest BCUT2D eigenvalue weighted by atomic mass is 32.2. The van der Waals surface area contributed by atoms with Crippen molar-refractivity contribution in [3.63, 3.8) is 0 Å². The molecule has 0 fully saturated rings. The molecule has 0 saturated carbocycles. The number of nitrogens with zero attached hydrogens (tertiary/aromatic N) is 1. The van der Waals surface area contributed by atoms with Gasteiger partial charge in [-0.1, -0.05) is 43.0 Å². The van der Waals surface area contributed by atoms with Crippen LogP contribution in [0.3, 0.4) is 0 Å². The summed E-state index contributed by atoms with van der Waals surface area (Å²) in [5, 5.41) is 2.04. The molecule has 0 radical (unpaired) electrons. The molecule has 0 amide bonds. The normalized spacial score (nSPS) is 13.3. The number of hydrogen-bond acceptors (Lipinski definition) is 2. The number of benzene rings is 2. The molecule has 1 atom stereocenters. The van der Waals surface area contributed by atoms with Crippen LogP contribution in [0.15, 0.2) is 58.5 Å². The van der Waals surface area contributed by atoms with Crippen LogP contribution in [0.25, 0.3) is 10.9 Å². The molecule has 0 saturated heterocycles. The van der Waals surface area contributed by atoms with Crippen molar-refractivity contribution >= 4 is 22.7 Å². The molecule has 3 aromatic rings. The minimum Gasteiger partial charge on any atom is -0.338 e. The average Bonchev–Trinajstić information content (AvgIpc) is 2.87. The van der Waals surface area contributed by atoms with Crippen molar-refractivity contribution in [2.24, 2.45) is 12.8 Å². The van der Waals surface area contributed by atoms with Crippen LogP contribution in [0, 0.1) is 0 Å². The van der Waals surface area contributed by atoms with Gasteiger partial charge in [-0.3, -0.25) is 0 Å². The zero-order valence-corrected chi connectivity index (χ0v) is 15.5. The Morgan fingerprint density at radius 2 is 1.85 bits per heavy atom. The van der Waals surface area contributed by atoms with Gasteiger partial charge in [0, 0.05) is 28.9 Å². The zero-order chi connectivity index (χ0) is 18.9. The van der Waals surface area contributed by atoms with Gasteiger partial charge in [-0.15, -0.1) is 0 Å². The van der Waals surface area contributed by atoms with Gasteiger partial charge >= 0.3 is 6.18 Å². The van der Waals surface area contributed by atoms with E-state index in [2.05, 4.69) is 0 Å². The van der Waals surface area contributed by atoms with E-state index in [-0.39, 0.29) is 6.04 Å². The Kier molecular flexibility index (Phi) is 5.34. The van der Waals surface area contributed by atoms with E-state index in [4.69, 9.17) is 5.73 Å². The molecule has 1 aromatic heterocycles. The van der Waals surface area contributed by atoms with Crippen molar-refractivity contribution in [2.75, 3.05) is 0 Å². The van der Waals surface area contributed by atoms with Gasteiger partial charge in [-0.05, 0) is 42.7 Å². The van der Waals surface area contributed by atoms with Crippen LogP contribution >= 0.6 is 11.8 Å². The summed E-state index contributed by atoms with van der Waals surface area (Å²) in [6.07, 6.45) is -2.81. The number of rotatable bonds is 5. The van der Waals surface area contributed by atoms with Crippen LogP contribution in [0.1, 0.15) is 24.5 Å². The Bertz CT molecular complexity index is 915. The number of aromatic nitrogens is 1. The van der Waals surface area contributed by atoms with E-state index in [1.54, 1.807) is 6.07 Å². The molecule has 0 aliphatic carbocycles. The lowest BCUT2D eigenvalue weighted by Crippen LogP contribution is -2.21. The molecule has 3 rings (SSSR count). The molecule has 0 bridgehead atoms. The van der Waals surface area contributed by atoms with Gasteiger partial charge in [0.15, 0.2) is 0 Å². The van der Waals surface area contributed by atoms with Crippen molar-refractivity contribution in [3.8, 4) is 0 Å². The number of hydrogen-bond donors (Lipinski definition) is 1. The fourth-order valence-corrected chi connectivity index (χ4v) is 4.14. The second-order valence-electron chi connectivity index (χ2n) is 6.36. The average molecular weight is 378 g/mol. The van der Waals surface area contributed by atoms with E-state index in [1.165, 1.54) is 23.9 Å². The van der Waals surface area contributed by atoms with E-state index in [0.717, 1.165) is 34.0 Å². The highest BCUT2D eigenvalue weighted by Gasteiger charge is 2.30. The molecule has 2 aromatic carbocycles. The minimum atomic E-state index is -4.34. The van der Waals surface area contributed by atoms with Crippen LogP contribution in [-0.4, -0.2) is 10.6 Å². The van der Waals surface area contributed by atoms with Gasteiger partial charge in [0.25, 0.3) is 0 Å². The van der Waals surface area contributed by atoms with Crippen molar-refractivity contribution in [3.05, 3.63) is 59.7 Å². The first-order valence-corrected chi connectivity index (χ1v) is 9.30. The Morgan fingerprint density at radius 3 is 2.54 bits per heavy atom. The van der Waals surface area contributed by atoms with E-state index in [9.17, 15) is 13.2 Å². The maximum atomic E-state index is 13.0. The second kappa shape index (κ2) is 7.37. The van der Waals surface area contributed by atoms with E-state index in [1.807, 2.05) is 42.8 Å². The van der Waals surface area contributed by atoms with Crippen LogP contribution in [-0.2, 0) is 19.6 Å². The first-order valence-electron chi connectivity index (χ1n) is 8.48. The van der Waals surface area contributed by atoms with Crippen LogP contribution in [0.2, 0.25) is 0 Å². The molecular formula is C20H21F3N2S. The second-order valence-corrected chi connectivity index (χ2v) is 7.42. The summed E-state index contributed by atoms with van der Waals surface area (Å²) in [6, 6.07) is 13.5. The summed E-state index contributed by atoms with van der Waals surface area (Å²) in [6.45, 7) is 2.04. The van der Waals surface area contributed by atoms with Gasteiger partial charge in [0.05, 0.1) is 10.6 Å². The third kappa shape index (κ3) is 3.76. The summed E-state index contributed by atoms with van der Waals surface area (Å²) < 4.78 is 41.1. The largest absolute Gasteiger partial charge is 0.416 e. The van der Waals surface area contributed by atoms with Gasteiger partial charge < -0.3 is 10.3 Å². The first kappa shape index (κ1) is 18.9. The topological polar surface area (TPSA) is 30.9 Å². The Morgan fingerprint density at radius 1 is 1.12 bits per heavy atom. The molecule has 1 unspecified atom stereocenters. The predicted octanol–water partition coefficient (Wildman–Crippen LogP) is 5.63. The van der Waals surface area contributed by atoms with Gasteiger partial charge in [0.1, 0.15) is 0 Å². The Hall–Kier alpha value is -1.92. The third-order valence-corrected chi connectivity index (χ3v) is 5.72. The maximum absolute atomic E-state index is 13.0. The predicted molar refractivity (Wildman–Crippen MR) is 100 cm³/mol. The number of alkyl halides is 3. The van der Waals surface area contributed by atoms with Crippen molar-refractivity contribution < 1.29 is 13.2 Å². The Balaban J connectivity index is 2.07. The Labute approximate surface area is 155 Å². The summed E-state index contributed by atoms with van der Waals surface area (Å²) in [5.74, 6) is 0. The number of aryl methyl sites for hydroxylation is 1. The highest BCUT2D eigenvalue weighted by Crippen LogP contribution is 2.39. The summed E-state index contributed by atoms with van der Waals surface area (Å²) >= 11 is 1.36. The van der Waals surface area contributed by atoms with Crippen LogP contribution in [0.4, 0.5) is 13.2 Å². The lowest BCUT2D eigenvalue weighted by molar-refractivity contribution is -0.137. The molecular weight excluding hydrogens is 357 g/mol. The SMILES string of the molecule is CCC(N)Cc1c(Sc2cccc(C(F)(F)F)c2)n(C)c2ccccc12. The van der Waals surface area contributed by atoms with E-state index in [0.29, 0.717) is 11.3 Å². The van der Waals surface area contributed by atoms with Crippen LogP contribution in [0.5, 0.6) is 0 Å². The molecule has 1 heterocycles. The number of halogens is 3. The fourth-order valence-electron chi connectivity index (χ4n) is 3.03. The lowest BCUT2D eigenvalue weighted by Gasteiger charge is -2.13. The van der Waals surface area contributed by atoms with Crippen LogP contribution < -0.4 is 5.73 Å². The summed E-state index contributed by atoms with van der Waals surface area (Å²) in [4.78, 5) is 0.567. The van der Waals surface area contributed by atoms with E-state index >= 15 is 0 Å². The van der Waals surface area contributed by atoms with Crippen molar-refractivity contribution in [2.45, 2.75) is 41.9 Å². The molecule has 0 spiro atoms. The molecule has 2 nitrogen and oxygen atoms in total. The lowest BCUT2D eigenvalue weighted by atomic mass is 10.0. The maximum Gasteiger partial charge on any atom is 0.416 e. The smallest absolute Gasteiger partial charge is 0.338 e. The van der Waals surface area contributed by atoms with E-state index < -0.39 is 11.7 Å². The molecule has 26 heavy (non-hydrogen) atoms. The number of fused-ring (bicyclic) bond motifs is 1. The molecule has 0 aliphatic heterocycles. The summed E-state index contributed by atoms with van der Waals surface area (Å²) in [7, 11) is 1.94. The van der Waals surface area contributed by atoms with Gasteiger partial charge in [0.2, 0.25) is 0 Å². The molecule has 6 heteroatoms. The third-order valence-electron chi connectivity index (χ3n) is 4.52. The molecule has 2 N–H and O–H groups in total. The zero-order valence-electron chi connectivity index (χ0n) is 14.7. The minimum absolute atomic E-state index is 0.0154. The monoisotopic (exact) mass is 378 g/mol. The number of para-hydroxylation sites is 1. The van der Waals surface area contributed by atoms with Gasteiger partial charge in [-0.25, -0.2) is 0 Å². The highest BCUT2D eigenvalue weighted by molar-refractivity contribution is 7.99. The van der Waals surface area contributed by atoms with Gasteiger partial charge in [-0.2, -0.15) is 13.2 Å². The van der Waals surface area contributed by atoms with Crippen molar-refractivity contribution in [1.82, 2.24) is 4.57 Å².